The van der Waals surface area contributed by atoms with E-state index in [1.807, 2.05) is 0 Å². The largest absolute Gasteiger partial charge is 0.353 e. The zero-order valence-electron chi connectivity index (χ0n) is 12.4. The summed E-state index contributed by atoms with van der Waals surface area (Å²) < 4.78 is 2.38. The van der Waals surface area contributed by atoms with E-state index >= 15 is 0 Å². The standard InChI is InChI=1S/C15H27N3/c1-10(2)16-15-17-13(5)9-18(15)14-7-6-11(3)8-12(14)4/h9-12,14H,6-8H2,1-5H3,(H,16,17). The summed E-state index contributed by atoms with van der Waals surface area (Å²) in [7, 11) is 0. The van der Waals surface area contributed by atoms with Gasteiger partial charge in [0.1, 0.15) is 0 Å². The van der Waals surface area contributed by atoms with Crippen molar-refractivity contribution in [2.75, 3.05) is 5.32 Å². The van der Waals surface area contributed by atoms with Crippen molar-refractivity contribution in [3.05, 3.63) is 11.9 Å². The van der Waals surface area contributed by atoms with Crippen molar-refractivity contribution in [1.29, 1.82) is 0 Å². The molecule has 1 N–H and O–H groups in total. The molecule has 1 saturated carbocycles. The number of hydrogen-bond donors (Lipinski definition) is 1. The third-order valence-electron chi connectivity index (χ3n) is 4.01. The quantitative estimate of drug-likeness (QED) is 0.877. The van der Waals surface area contributed by atoms with Crippen LogP contribution in [0.5, 0.6) is 0 Å². The van der Waals surface area contributed by atoms with Gasteiger partial charge in [-0.1, -0.05) is 13.8 Å². The first-order valence-electron chi connectivity index (χ1n) is 7.29. The van der Waals surface area contributed by atoms with Crippen LogP contribution in [0.1, 0.15) is 58.7 Å². The van der Waals surface area contributed by atoms with Gasteiger partial charge in [-0.05, 0) is 51.9 Å². The van der Waals surface area contributed by atoms with Crippen LogP contribution in [0.15, 0.2) is 6.20 Å². The maximum Gasteiger partial charge on any atom is 0.203 e. The molecule has 0 spiro atoms. The predicted molar refractivity (Wildman–Crippen MR) is 76.9 cm³/mol. The molecule has 1 aromatic heterocycles. The van der Waals surface area contributed by atoms with Crippen LogP contribution in [0, 0.1) is 18.8 Å². The lowest BCUT2D eigenvalue weighted by molar-refractivity contribution is 0.209. The first-order valence-corrected chi connectivity index (χ1v) is 7.29. The summed E-state index contributed by atoms with van der Waals surface area (Å²) in [6, 6.07) is 1.05. The van der Waals surface area contributed by atoms with E-state index in [0.717, 1.165) is 23.5 Å². The molecule has 1 aliphatic rings. The van der Waals surface area contributed by atoms with Gasteiger partial charge in [-0.15, -0.1) is 0 Å². The molecule has 0 aromatic carbocycles. The Balaban J connectivity index is 2.21. The fourth-order valence-corrected chi connectivity index (χ4v) is 3.20. The van der Waals surface area contributed by atoms with Gasteiger partial charge in [0.05, 0.1) is 5.69 Å². The van der Waals surface area contributed by atoms with Gasteiger partial charge in [0.2, 0.25) is 5.95 Å². The number of aromatic nitrogens is 2. The van der Waals surface area contributed by atoms with Gasteiger partial charge >= 0.3 is 0 Å². The molecule has 0 aliphatic heterocycles. The summed E-state index contributed by atoms with van der Waals surface area (Å²) in [5.74, 6) is 2.67. The Morgan fingerprint density at radius 1 is 1.33 bits per heavy atom. The molecule has 18 heavy (non-hydrogen) atoms. The number of imidazole rings is 1. The molecule has 1 fully saturated rings. The highest BCUT2D eigenvalue weighted by Crippen LogP contribution is 2.38. The van der Waals surface area contributed by atoms with Crippen molar-refractivity contribution in [2.24, 2.45) is 11.8 Å². The highest BCUT2D eigenvalue weighted by Gasteiger charge is 2.28. The van der Waals surface area contributed by atoms with E-state index in [2.05, 4.69) is 55.7 Å². The fraction of sp³-hybridized carbons (Fsp3) is 0.800. The summed E-state index contributed by atoms with van der Waals surface area (Å²) in [4.78, 5) is 4.63. The van der Waals surface area contributed by atoms with Crippen LogP contribution in [0.4, 0.5) is 5.95 Å². The average molecular weight is 249 g/mol. The van der Waals surface area contributed by atoms with Crippen LogP contribution < -0.4 is 5.32 Å². The summed E-state index contributed by atoms with van der Waals surface area (Å²) in [5.41, 5.74) is 1.11. The molecule has 0 amide bonds. The molecule has 3 atom stereocenters. The lowest BCUT2D eigenvalue weighted by atomic mass is 9.80. The molecular weight excluding hydrogens is 222 g/mol. The van der Waals surface area contributed by atoms with Crippen molar-refractivity contribution in [3.63, 3.8) is 0 Å². The van der Waals surface area contributed by atoms with Gasteiger partial charge in [0, 0.05) is 18.3 Å². The zero-order valence-corrected chi connectivity index (χ0v) is 12.4. The molecule has 1 aromatic rings. The highest BCUT2D eigenvalue weighted by atomic mass is 15.2. The Morgan fingerprint density at radius 2 is 2.06 bits per heavy atom. The maximum absolute atomic E-state index is 4.63. The van der Waals surface area contributed by atoms with Gasteiger partial charge in [0.25, 0.3) is 0 Å². The van der Waals surface area contributed by atoms with Crippen LogP contribution in [0.25, 0.3) is 0 Å². The van der Waals surface area contributed by atoms with E-state index in [1.165, 1.54) is 19.3 Å². The van der Waals surface area contributed by atoms with Crippen molar-refractivity contribution >= 4 is 5.95 Å². The lowest BCUT2D eigenvalue weighted by Crippen LogP contribution is -2.26. The smallest absolute Gasteiger partial charge is 0.203 e. The van der Waals surface area contributed by atoms with Crippen LogP contribution in [0.3, 0.4) is 0 Å². The molecule has 1 aliphatic carbocycles. The highest BCUT2D eigenvalue weighted by molar-refractivity contribution is 5.30. The Kier molecular flexibility index (Phi) is 3.98. The summed E-state index contributed by atoms with van der Waals surface area (Å²) >= 11 is 0. The van der Waals surface area contributed by atoms with E-state index in [4.69, 9.17) is 0 Å². The first-order chi connectivity index (χ1) is 8.47. The molecule has 2 rings (SSSR count). The minimum Gasteiger partial charge on any atom is -0.353 e. The minimum absolute atomic E-state index is 0.434. The molecule has 102 valence electrons. The van der Waals surface area contributed by atoms with E-state index in [-0.39, 0.29) is 0 Å². The summed E-state index contributed by atoms with van der Waals surface area (Å²) in [6.07, 6.45) is 6.17. The Morgan fingerprint density at radius 3 is 2.67 bits per heavy atom. The second-order valence-corrected chi connectivity index (χ2v) is 6.38. The first kappa shape index (κ1) is 13.4. The molecule has 0 radical (unpaired) electrons. The number of rotatable bonds is 3. The van der Waals surface area contributed by atoms with E-state index in [9.17, 15) is 0 Å². The number of hydrogen-bond acceptors (Lipinski definition) is 2. The predicted octanol–water partition coefficient (Wildman–Crippen LogP) is 4.01. The van der Waals surface area contributed by atoms with Crippen LogP contribution in [-0.4, -0.2) is 15.6 Å². The number of anilines is 1. The molecular formula is C15H27N3. The van der Waals surface area contributed by atoms with Crippen LogP contribution in [-0.2, 0) is 0 Å². The van der Waals surface area contributed by atoms with E-state index in [0.29, 0.717) is 12.1 Å². The average Bonchev–Trinajstić information content (AvgIpc) is 2.58. The third kappa shape index (κ3) is 2.88. The zero-order chi connectivity index (χ0) is 13.3. The Labute approximate surface area is 111 Å². The second kappa shape index (κ2) is 5.33. The Bertz CT molecular complexity index is 394. The van der Waals surface area contributed by atoms with E-state index < -0.39 is 0 Å². The van der Waals surface area contributed by atoms with Gasteiger partial charge in [-0.2, -0.15) is 0 Å². The summed E-state index contributed by atoms with van der Waals surface area (Å²) in [6.45, 7) is 11.2. The van der Waals surface area contributed by atoms with Crippen molar-refractivity contribution in [1.82, 2.24) is 9.55 Å². The van der Waals surface area contributed by atoms with Gasteiger partial charge < -0.3 is 9.88 Å². The fourth-order valence-electron chi connectivity index (χ4n) is 3.20. The monoisotopic (exact) mass is 249 g/mol. The molecule has 3 nitrogen and oxygen atoms in total. The van der Waals surface area contributed by atoms with E-state index in [1.54, 1.807) is 0 Å². The number of nitrogens with one attached hydrogen (secondary N) is 1. The third-order valence-corrected chi connectivity index (χ3v) is 4.01. The number of aryl methyl sites for hydroxylation is 1. The number of nitrogens with zero attached hydrogens (tertiary/aromatic N) is 2. The SMILES string of the molecule is Cc1cn(C2CCC(C)CC2C)c(NC(C)C)n1. The van der Waals surface area contributed by atoms with Crippen molar-refractivity contribution in [2.45, 2.75) is 66.0 Å². The topological polar surface area (TPSA) is 29.9 Å². The van der Waals surface area contributed by atoms with Gasteiger partial charge in [-0.3, -0.25) is 0 Å². The molecule has 0 saturated heterocycles. The molecule has 3 unspecified atom stereocenters. The lowest BCUT2D eigenvalue weighted by Gasteiger charge is -2.34. The summed E-state index contributed by atoms with van der Waals surface area (Å²) in [5, 5.41) is 3.48. The second-order valence-electron chi connectivity index (χ2n) is 6.38. The van der Waals surface area contributed by atoms with Crippen LogP contribution >= 0.6 is 0 Å². The molecule has 0 bridgehead atoms. The normalized spacial score (nSPS) is 28.7. The van der Waals surface area contributed by atoms with Crippen molar-refractivity contribution in [3.8, 4) is 0 Å². The van der Waals surface area contributed by atoms with Gasteiger partial charge in [0.15, 0.2) is 0 Å². The maximum atomic E-state index is 4.63. The van der Waals surface area contributed by atoms with Gasteiger partial charge in [-0.25, -0.2) is 4.98 Å². The minimum atomic E-state index is 0.434. The molecule has 1 heterocycles. The van der Waals surface area contributed by atoms with Crippen LogP contribution in [0.2, 0.25) is 0 Å². The Hall–Kier alpha value is -0.990. The van der Waals surface area contributed by atoms with Crippen molar-refractivity contribution < 1.29 is 0 Å². The molecule has 3 heteroatoms.